The summed E-state index contributed by atoms with van der Waals surface area (Å²) in [6.45, 7) is 0. The zero-order valence-corrected chi connectivity index (χ0v) is 14.6. The monoisotopic (exact) mass is 374 g/mol. The minimum absolute atomic E-state index is 0.213. The van der Waals surface area contributed by atoms with Crippen LogP contribution >= 0.6 is 0 Å². The van der Waals surface area contributed by atoms with Crippen LogP contribution in [0.1, 0.15) is 10.5 Å². The Morgan fingerprint density at radius 3 is 2.61 bits per heavy atom. The van der Waals surface area contributed by atoms with Gasteiger partial charge in [0.2, 0.25) is 0 Å². The molecule has 0 aliphatic rings. The molecule has 0 radical (unpaired) electrons. The lowest BCUT2D eigenvalue weighted by Gasteiger charge is -2.08. The zero-order chi connectivity index (χ0) is 19.3. The third kappa shape index (κ3) is 4.04. The highest BCUT2D eigenvalue weighted by atomic mass is 19.1. The molecule has 6 nitrogen and oxygen atoms in total. The molecule has 2 aromatic heterocycles. The van der Waals surface area contributed by atoms with E-state index in [1.807, 2.05) is 0 Å². The second-order valence-electron chi connectivity index (χ2n) is 5.89. The first-order valence-corrected chi connectivity index (χ1v) is 8.48. The summed E-state index contributed by atoms with van der Waals surface area (Å²) in [5, 5.41) is 6.99. The topological polar surface area (TPSA) is 69.0 Å². The largest absolute Gasteiger partial charge is 0.457 e. The Morgan fingerprint density at radius 1 is 0.964 bits per heavy atom. The Bertz CT molecular complexity index is 1110. The number of carbonyl (C=O) groups is 1. The summed E-state index contributed by atoms with van der Waals surface area (Å²) in [6, 6.07) is 18.1. The molecule has 0 fully saturated rings. The van der Waals surface area contributed by atoms with Crippen molar-refractivity contribution in [1.29, 1.82) is 0 Å². The first-order valence-electron chi connectivity index (χ1n) is 8.48. The minimum Gasteiger partial charge on any atom is -0.457 e. The van der Waals surface area contributed by atoms with E-state index in [1.165, 1.54) is 16.8 Å². The van der Waals surface area contributed by atoms with Gasteiger partial charge in [-0.1, -0.05) is 12.1 Å². The SMILES string of the molecule is O=C(Nc1cccc(Oc2ccncc2)c1)c1ccn(-c2cccc(F)c2)n1. The van der Waals surface area contributed by atoms with E-state index in [4.69, 9.17) is 4.74 Å². The van der Waals surface area contributed by atoms with Crippen molar-refractivity contribution in [2.75, 3.05) is 5.32 Å². The summed E-state index contributed by atoms with van der Waals surface area (Å²) in [5.74, 6) is 0.475. The molecule has 0 aliphatic heterocycles. The Morgan fingerprint density at radius 2 is 1.79 bits per heavy atom. The van der Waals surface area contributed by atoms with Gasteiger partial charge < -0.3 is 10.1 Å². The van der Waals surface area contributed by atoms with Crippen LogP contribution in [0.4, 0.5) is 10.1 Å². The molecule has 0 spiro atoms. The smallest absolute Gasteiger partial charge is 0.276 e. The summed E-state index contributed by atoms with van der Waals surface area (Å²) in [5.41, 5.74) is 1.31. The van der Waals surface area contributed by atoms with Crippen LogP contribution in [-0.2, 0) is 0 Å². The lowest BCUT2D eigenvalue weighted by molar-refractivity contribution is 0.102. The fourth-order valence-electron chi connectivity index (χ4n) is 2.58. The van der Waals surface area contributed by atoms with Gasteiger partial charge in [-0.25, -0.2) is 9.07 Å². The van der Waals surface area contributed by atoms with Gasteiger partial charge in [0.25, 0.3) is 5.91 Å². The minimum atomic E-state index is -0.379. The van der Waals surface area contributed by atoms with Gasteiger partial charge in [-0.15, -0.1) is 0 Å². The molecule has 1 N–H and O–H groups in total. The number of ether oxygens (including phenoxy) is 1. The number of nitrogens with zero attached hydrogens (tertiary/aromatic N) is 3. The number of hydrogen-bond donors (Lipinski definition) is 1. The summed E-state index contributed by atoms with van der Waals surface area (Å²) >= 11 is 0. The predicted octanol–water partition coefficient (Wildman–Crippen LogP) is 4.45. The van der Waals surface area contributed by atoms with Gasteiger partial charge in [0, 0.05) is 30.3 Å². The van der Waals surface area contributed by atoms with Gasteiger partial charge in [0.05, 0.1) is 5.69 Å². The van der Waals surface area contributed by atoms with Gasteiger partial charge in [-0.2, -0.15) is 5.10 Å². The fourth-order valence-corrected chi connectivity index (χ4v) is 2.58. The molecule has 0 saturated heterocycles. The van der Waals surface area contributed by atoms with Crippen LogP contribution in [0.15, 0.2) is 85.3 Å². The highest BCUT2D eigenvalue weighted by Crippen LogP contribution is 2.23. The number of benzene rings is 2. The van der Waals surface area contributed by atoms with E-state index in [0.29, 0.717) is 22.9 Å². The molecule has 2 aromatic carbocycles. The Kier molecular flexibility index (Phi) is 4.79. The third-order valence-corrected chi connectivity index (χ3v) is 3.87. The van der Waals surface area contributed by atoms with Gasteiger partial charge in [-0.05, 0) is 48.5 Å². The van der Waals surface area contributed by atoms with Crippen molar-refractivity contribution in [2.45, 2.75) is 0 Å². The molecule has 0 saturated carbocycles. The first kappa shape index (κ1) is 17.4. The van der Waals surface area contributed by atoms with Crippen LogP contribution in [0.2, 0.25) is 0 Å². The van der Waals surface area contributed by atoms with Gasteiger partial charge in [0.15, 0.2) is 5.69 Å². The lowest BCUT2D eigenvalue weighted by Crippen LogP contribution is -2.13. The van der Waals surface area contributed by atoms with E-state index in [2.05, 4.69) is 15.4 Å². The quantitative estimate of drug-likeness (QED) is 0.560. The van der Waals surface area contributed by atoms with Gasteiger partial charge in [-0.3, -0.25) is 9.78 Å². The summed E-state index contributed by atoms with van der Waals surface area (Å²) in [6.07, 6.45) is 4.87. The highest BCUT2D eigenvalue weighted by Gasteiger charge is 2.11. The van der Waals surface area contributed by atoms with Crippen molar-refractivity contribution < 1.29 is 13.9 Å². The average Bonchev–Trinajstić information content (AvgIpc) is 3.20. The van der Waals surface area contributed by atoms with E-state index in [-0.39, 0.29) is 17.4 Å². The van der Waals surface area contributed by atoms with Crippen molar-refractivity contribution in [3.63, 3.8) is 0 Å². The summed E-state index contributed by atoms with van der Waals surface area (Å²) in [7, 11) is 0. The van der Waals surface area contributed by atoms with E-state index < -0.39 is 0 Å². The number of rotatable bonds is 5. The Hall–Kier alpha value is -4.00. The van der Waals surface area contributed by atoms with Crippen molar-refractivity contribution in [3.8, 4) is 17.2 Å². The molecule has 0 bridgehead atoms. The molecule has 4 aromatic rings. The number of pyridine rings is 1. The Labute approximate surface area is 160 Å². The van der Waals surface area contributed by atoms with Crippen LogP contribution in [0.25, 0.3) is 5.69 Å². The highest BCUT2D eigenvalue weighted by molar-refractivity contribution is 6.02. The second-order valence-corrected chi connectivity index (χ2v) is 5.89. The molecule has 2 heterocycles. The third-order valence-electron chi connectivity index (χ3n) is 3.87. The number of halogens is 1. The molecule has 28 heavy (non-hydrogen) atoms. The molecule has 1 amide bonds. The van der Waals surface area contributed by atoms with Crippen LogP contribution in [0.5, 0.6) is 11.5 Å². The normalized spacial score (nSPS) is 10.5. The molecule has 0 aliphatic carbocycles. The van der Waals surface area contributed by atoms with E-state index in [0.717, 1.165) is 0 Å². The fraction of sp³-hybridized carbons (Fsp3) is 0. The molecular formula is C21H15FN4O2. The van der Waals surface area contributed by atoms with Crippen molar-refractivity contribution in [2.24, 2.45) is 0 Å². The van der Waals surface area contributed by atoms with E-state index >= 15 is 0 Å². The van der Waals surface area contributed by atoms with Crippen LogP contribution < -0.4 is 10.1 Å². The number of anilines is 1. The number of nitrogens with one attached hydrogen (secondary N) is 1. The number of aromatic nitrogens is 3. The zero-order valence-electron chi connectivity index (χ0n) is 14.6. The average molecular weight is 374 g/mol. The summed E-state index contributed by atoms with van der Waals surface area (Å²) in [4.78, 5) is 16.4. The van der Waals surface area contributed by atoms with Crippen LogP contribution in [0.3, 0.4) is 0 Å². The van der Waals surface area contributed by atoms with Crippen molar-refractivity contribution in [3.05, 3.63) is 96.8 Å². The molecule has 4 rings (SSSR count). The van der Waals surface area contributed by atoms with E-state index in [9.17, 15) is 9.18 Å². The van der Waals surface area contributed by atoms with Crippen molar-refractivity contribution in [1.82, 2.24) is 14.8 Å². The maximum absolute atomic E-state index is 13.4. The van der Waals surface area contributed by atoms with Crippen LogP contribution in [-0.4, -0.2) is 20.7 Å². The number of hydrogen-bond acceptors (Lipinski definition) is 4. The number of carbonyl (C=O) groups excluding carboxylic acids is 1. The van der Waals surface area contributed by atoms with Gasteiger partial charge in [0.1, 0.15) is 17.3 Å². The molecule has 0 atom stereocenters. The van der Waals surface area contributed by atoms with Crippen LogP contribution in [0, 0.1) is 5.82 Å². The maximum atomic E-state index is 13.4. The van der Waals surface area contributed by atoms with Gasteiger partial charge >= 0.3 is 0 Å². The lowest BCUT2D eigenvalue weighted by atomic mass is 10.3. The first-order chi connectivity index (χ1) is 13.7. The number of amides is 1. The molecule has 0 unspecified atom stereocenters. The second kappa shape index (κ2) is 7.71. The molecule has 7 heteroatoms. The standard InChI is InChI=1S/C21H15FN4O2/c22-15-3-1-5-17(13-15)26-12-9-20(25-26)21(27)24-16-4-2-6-19(14-16)28-18-7-10-23-11-8-18/h1-14H,(H,24,27). The molecule has 138 valence electrons. The van der Waals surface area contributed by atoms with E-state index in [1.54, 1.807) is 73.2 Å². The Balaban J connectivity index is 1.47. The summed E-state index contributed by atoms with van der Waals surface area (Å²) < 4.78 is 20.5. The molecular weight excluding hydrogens is 359 g/mol. The van der Waals surface area contributed by atoms with Crippen molar-refractivity contribution >= 4 is 11.6 Å². The predicted molar refractivity (Wildman–Crippen MR) is 102 cm³/mol. The maximum Gasteiger partial charge on any atom is 0.276 e.